The van der Waals surface area contributed by atoms with E-state index >= 15 is 0 Å². The van der Waals surface area contributed by atoms with Crippen LogP contribution in [0.15, 0.2) is 54.7 Å². The van der Waals surface area contributed by atoms with Crippen LogP contribution in [0.4, 0.5) is 11.4 Å². The third-order valence-electron chi connectivity index (χ3n) is 3.30. The highest BCUT2D eigenvalue weighted by Gasteiger charge is 2.12. The number of rotatable bonds is 2. The largest absolute Gasteiger partial charge is 0.397 e. The number of anilines is 2. The number of aromatic nitrogens is 1. The Balaban J connectivity index is 1.97. The van der Waals surface area contributed by atoms with Crippen molar-refractivity contribution < 1.29 is 4.79 Å². The van der Waals surface area contributed by atoms with Gasteiger partial charge in [-0.05, 0) is 17.5 Å². The molecule has 1 aromatic heterocycles. The summed E-state index contributed by atoms with van der Waals surface area (Å²) >= 11 is 0. The monoisotopic (exact) mass is 265 g/mol. The maximum absolute atomic E-state index is 12.3. The molecule has 0 unspecified atom stereocenters. The number of fused-ring (bicyclic) bond motifs is 1. The molecule has 0 radical (unpaired) electrons. The molecule has 0 aliphatic heterocycles. The molecule has 3 rings (SSSR count). The van der Waals surface area contributed by atoms with Crippen LogP contribution in [-0.2, 0) is 7.05 Å². The Bertz CT molecular complexity index is 784. The first-order valence-electron chi connectivity index (χ1n) is 6.36. The summed E-state index contributed by atoms with van der Waals surface area (Å²) in [6, 6.07) is 15.5. The van der Waals surface area contributed by atoms with Gasteiger partial charge in [0.05, 0.1) is 5.69 Å². The summed E-state index contributed by atoms with van der Waals surface area (Å²) in [6.07, 6.45) is 1.72. The number of aryl methyl sites for hydroxylation is 1. The molecule has 4 heteroatoms. The van der Waals surface area contributed by atoms with Gasteiger partial charge in [-0.3, -0.25) is 4.79 Å². The van der Waals surface area contributed by atoms with E-state index in [1.165, 1.54) is 0 Å². The second-order valence-corrected chi connectivity index (χ2v) is 4.75. The highest BCUT2D eigenvalue weighted by atomic mass is 16.1. The van der Waals surface area contributed by atoms with Crippen LogP contribution in [0.25, 0.3) is 10.8 Å². The van der Waals surface area contributed by atoms with Crippen molar-refractivity contribution in [2.45, 2.75) is 0 Å². The lowest BCUT2D eigenvalue weighted by Gasteiger charge is -2.09. The first-order valence-corrected chi connectivity index (χ1v) is 6.36. The lowest BCUT2D eigenvalue weighted by molar-refractivity contribution is 0.101. The van der Waals surface area contributed by atoms with Crippen LogP contribution in [0, 0.1) is 0 Å². The minimum absolute atomic E-state index is 0.166. The van der Waals surface area contributed by atoms with Crippen LogP contribution < -0.4 is 11.1 Å². The molecule has 3 aromatic rings. The minimum Gasteiger partial charge on any atom is -0.397 e. The van der Waals surface area contributed by atoms with E-state index in [2.05, 4.69) is 5.32 Å². The SMILES string of the molecule is Cn1cc(N)cc1C(=O)Nc1cccc2ccccc12. The van der Waals surface area contributed by atoms with Crippen molar-refractivity contribution in [1.82, 2.24) is 4.57 Å². The number of nitrogen functional groups attached to an aromatic ring is 1. The fraction of sp³-hybridized carbons (Fsp3) is 0.0625. The van der Waals surface area contributed by atoms with E-state index in [1.807, 2.05) is 42.5 Å². The molecule has 0 saturated heterocycles. The summed E-state index contributed by atoms with van der Waals surface area (Å²) in [5.41, 5.74) is 7.62. The van der Waals surface area contributed by atoms with Crippen LogP contribution >= 0.6 is 0 Å². The van der Waals surface area contributed by atoms with Gasteiger partial charge in [0.15, 0.2) is 0 Å². The van der Waals surface area contributed by atoms with Gasteiger partial charge in [0.2, 0.25) is 0 Å². The molecule has 0 bridgehead atoms. The number of hydrogen-bond donors (Lipinski definition) is 2. The topological polar surface area (TPSA) is 60.0 Å². The summed E-state index contributed by atoms with van der Waals surface area (Å²) in [7, 11) is 1.80. The molecule has 4 nitrogen and oxygen atoms in total. The zero-order chi connectivity index (χ0) is 14.1. The van der Waals surface area contributed by atoms with E-state index < -0.39 is 0 Å². The molecular weight excluding hydrogens is 250 g/mol. The first kappa shape index (κ1) is 12.3. The summed E-state index contributed by atoms with van der Waals surface area (Å²) < 4.78 is 1.72. The van der Waals surface area contributed by atoms with Crippen LogP contribution in [-0.4, -0.2) is 10.5 Å². The molecule has 0 aliphatic rings. The van der Waals surface area contributed by atoms with Gasteiger partial charge >= 0.3 is 0 Å². The van der Waals surface area contributed by atoms with E-state index in [0.717, 1.165) is 16.5 Å². The van der Waals surface area contributed by atoms with Gasteiger partial charge in [0, 0.05) is 24.3 Å². The Morgan fingerprint density at radius 2 is 1.90 bits per heavy atom. The molecule has 100 valence electrons. The van der Waals surface area contributed by atoms with Gasteiger partial charge in [0.1, 0.15) is 5.69 Å². The second kappa shape index (κ2) is 4.74. The van der Waals surface area contributed by atoms with E-state index in [-0.39, 0.29) is 5.91 Å². The molecule has 0 fully saturated rings. The predicted octanol–water partition coefficient (Wildman–Crippen LogP) is 3.01. The smallest absolute Gasteiger partial charge is 0.272 e. The third kappa shape index (κ3) is 2.12. The highest BCUT2D eigenvalue weighted by Crippen LogP contribution is 2.23. The van der Waals surface area contributed by atoms with Crippen molar-refractivity contribution in [2.75, 3.05) is 11.1 Å². The molecule has 0 saturated carbocycles. The number of carbonyl (C=O) groups excluding carboxylic acids is 1. The number of hydrogen-bond acceptors (Lipinski definition) is 2. The highest BCUT2D eigenvalue weighted by molar-refractivity contribution is 6.08. The summed E-state index contributed by atoms with van der Waals surface area (Å²) in [4.78, 5) is 12.3. The van der Waals surface area contributed by atoms with Crippen molar-refractivity contribution in [3.05, 3.63) is 60.4 Å². The van der Waals surface area contributed by atoms with Crippen molar-refractivity contribution in [2.24, 2.45) is 7.05 Å². The number of benzene rings is 2. The average Bonchev–Trinajstić information content (AvgIpc) is 2.78. The number of nitrogens with two attached hydrogens (primary N) is 1. The van der Waals surface area contributed by atoms with E-state index in [0.29, 0.717) is 11.4 Å². The summed E-state index contributed by atoms with van der Waals surface area (Å²) in [5, 5.41) is 5.05. The zero-order valence-electron chi connectivity index (χ0n) is 11.1. The van der Waals surface area contributed by atoms with Gasteiger partial charge in [-0.1, -0.05) is 36.4 Å². The van der Waals surface area contributed by atoms with E-state index in [9.17, 15) is 4.79 Å². The molecule has 1 amide bonds. The third-order valence-corrected chi connectivity index (χ3v) is 3.30. The number of nitrogens with one attached hydrogen (secondary N) is 1. The molecule has 20 heavy (non-hydrogen) atoms. The molecule has 1 heterocycles. The maximum atomic E-state index is 12.3. The number of carbonyl (C=O) groups is 1. The van der Waals surface area contributed by atoms with Crippen LogP contribution in [0.2, 0.25) is 0 Å². The first-order chi connectivity index (χ1) is 9.65. The standard InChI is InChI=1S/C16H15N3O/c1-19-10-12(17)9-15(19)16(20)18-14-8-4-6-11-5-2-3-7-13(11)14/h2-10H,17H2,1H3,(H,18,20). The second-order valence-electron chi connectivity index (χ2n) is 4.75. The minimum atomic E-state index is -0.166. The van der Waals surface area contributed by atoms with Gasteiger partial charge in [-0.25, -0.2) is 0 Å². The fourth-order valence-electron chi connectivity index (χ4n) is 2.34. The van der Waals surface area contributed by atoms with Crippen molar-refractivity contribution >= 4 is 28.1 Å². The molecular formula is C16H15N3O. The zero-order valence-corrected chi connectivity index (χ0v) is 11.1. The lowest BCUT2D eigenvalue weighted by atomic mass is 10.1. The molecule has 3 N–H and O–H groups in total. The Kier molecular flexibility index (Phi) is 2.91. The fourth-order valence-corrected chi connectivity index (χ4v) is 2.34. The van der Waals surface area contributed by atoms with Crippen molar-refractivity contribution in [1.29, 1.82) is 0 Å². The molecule has 0 aliphatic carbocycles. The van der Waals surface area contributed by atoms with Crippen molar-refractivity contribution in [3.8, 4) is 0 Å². The van der Waals surface area contributed by atoms with Gasteiger partial charge in [-0.2, -0.15) is 0 Å². The van der Waals surface area contributed by atoms with Crippen LogP contribution in [0.5, 0.6) is 0 Å². The van der Waals surface area contributed by atoms with Gasteiger partial charge in [0.25, 0.3) is 5.91 Å². The Morgan fingerprint density at radius 1 is 1.15 bits per heavy atom. The van der Waals surface area contributed by atoms with E-state index in [1.54, 1.807) is 23.9 Å². The molecule has 0 atom stereocenters. The maximum Gasteiger partial charge on any atom is 0.272 e. The molecule has 0 spiro atoms. The quantitative estimate of drug-likeness (QED) is 0.748. The van der Waals surface area contributed by atoms with Gasteiger partial charge in [-0.15, -0.1) is 0 Å². The predicted molar refractivity (Wildman–Crippen MR) is 81.7 cm³/mol. The Labute approximate surface area is 116 Å². The summed E-state index contributed by atoms with van der Waals surface area (Å²) in [5.74, 6) is -0.166. The normalized spacial score (nSPS) is 10.7. The van der Waals surface area contributed by atoms with Crippen LogP contribution in [0.3, 0.4) is 0 Å². The number of nitrogens with zero attached hydrogens (tertiary/aromatic N) is 1. The lowest BCUT2D eigenvalue weighted by Crippen LogP contribution is -2.15. The van der Waals surface area contributed by atoms with Gasteiger partial charge < -0.3 is 15.6 Å². The Hall–Kier alpha value is -2.75. The van der Waals surface area contributed by atoms with E-state index in [4.69, 9.17) is 5.73 Å². The average molecular weight is 265 g/mol. The number of amides is 1. The Morgan fingerprint density at radius 3 is 2.65 bits per heavy atom. The van der Waals surface area contributed by atoms with Crippen molar-refractivity contribution in [3.63, 3.8) is 0 Å². The summed E-state index contributed by atoms with van der Waals surface area (Å²) in [6.45, 7) is 0. The van der Waals surface area contributed by atoms with Crippen LogP contribution in [0.1, 0.15) is 10.5 Å². The molecule has 2 aromatic carbocycles.